The molecule has 0 saturated carbocycles. The van der Waals surface area contributed by atoms with Crippen molar-refractivity contribution in [2.75, 3.05) is 5.73 Å². The summed E-state index contributed by atoms with van der Waals surface area (Å²) in [5.74, 6) is 0. The number of anilines is 1. The third kappa shape index (κ3) is 2.45. The summed E-state index contributed by atoms with van der Waals surface area (Å²) in [5.41, 5.74) is 14.4. The zero-order valence-corrected chi connectivity index (χ0v) is 14.7. The van der Waals surface area contributed by atoms with Crippen LogP contribution in [0.15, 0.2) is 60.7 Å². The Morgan fingerprint density at radius 3 is 1.92 bits per heavy atom. The lowest BCUT2D eigenvalue weighted by Crippen LogP contribution is -2.02. The molecule has 0 amide bonds. The molecular formula is C23H22N2. The highest BCUT2D eigenvalue weighted by Crippen LogP contribution is 2.39. The maximum atomic E-state index is 6.52. The lowest BCUT2D eigenvalue weighted by atomic mass is 9.89. The summed E-state index contributed by atoms with van der Waals surface area (Å²) in [4.78, 5) is 4.84. The van der Waals surface area contributed by atoms with E-state index in [1.807, 2.05) is 12.1 Å². The molecule has 1 aromatic heterocycles. The SMILES string of the molecule is CCc1ccc(-c2c3ccccc3nc3ccccc23)c(CC)c1N. The van der Waals surface area contributed by atoms with Gasteiger partial charge >= 0.3 is 0 Å². The lowest BCUT2D eigenvalue weighted by molar-refractivity contribution is 1.10. The Morgan fingerprint density at radius 2 is 1.36 bits per heavy atom. The van der Waals surface area contributed by atoms with Gasteiger partial charge in [-0.25, -0.2) is 4.98 Å². The van der Waals surface area contributed by atoms with Crippen LogP contribution in [0.5, 0.6) is 0 Å². The van der Waals surface area contributed by atoms with Gasteiger partial charge in [0.05, 0.1) is 11.0 Å². The Bertz CT molecular complexity index is 1030. The molecule has 1 heterocycles. The van der Waals surface area contributed by atoms with Gasteiger partial charge in [-0.05, 0) is 41.7 Å². The summed E-state index contributed by atoms with van der Waals surface area (Å²) in [6, 6.07) is 21.2. The summed E-state index contributed by atoms with van der Waals surface area (Å²) >= 11 is 0. The number of hydrogen-bond acceptors (Lipinski definition) is 2. The second-order valence-electron chi connectivity index (χ2n) is 6.39. The Kier molecular flexibility index (Phi) is 3.89. The summed E-state index contributed by atoms with van der Waals surface area (Å²) in [6.45, 7) is 4.34. The van der Waals surface area contributed by atoms with E-state index in [0.717, 1.165) is 29.6 Å². The normalized spacial score (nSPS) is 11.3. The minimum atomic E-state index is 0.917. The number of nitrogens with two attached hydrogens (primary N) is 1. The van der Waals surface area contributed by atoms with Crippen molar-refractivity contribution in [3.8, 4) is 11.1 Å². The fourth-order valence-corrected chi connectivity index (χ4v) is 3.77. The number of aromatic nitrogens is 1. The van der Waals surface area contributed by atoms with Crippen molar-refractivity contribution in [3.63, 3.8) is 0 Å². The first-order chi connectivity index (χ1) is 12.2. The molecule has 0 unspecified atom stereocenters. The van der Waals surface area contributed by atoms with Crippen molar-refractivity contribution >= 4 is 27.5 Å². The molecule has 2 N–H and O–H groups in total. The second kappa shape index (κ2) is 6.21. The molecule has 0 aliphatic carbocycles. The van der Waals surface area contributed by atoms with Crippen LogP contribution in [-0.2, 0) is 12.8 Å². The molecule has 0 bridgehead atoms. The maximum absolute atomic E-state index is 6.52. The minimum absolute atomic E-state index is 0.917. The van der Waals surface area contributed by atoms with E-state index in [0.29, 0.717) is 0 Å². The third-order valence-electron chi connectivity index (χ3n) is 5.04. The maximum Gasteiger partial charge on any atom is 0.0715 e. The Hall–Kier alpha value is -2.87. The van der Waals surface area contributed by atoms with Crippen molar-refractivity contribution in [1.29, 1.82) is 0 Å². The molecule has 0 fully saturated rings. The fourth-order valence-electron chi connectivity index (χ4n) is 3.77. The zero-order chi connectivity index (χ0) is 17.4. The van der Waals surface area contributed by atoms with Gasteiger partial charge in [-0.15, -0.1) is 0 Å². The smallest absolute Gasteiger partial charge is 0.0715 e. The number of benzene rings is 3. The van der Waals surface area contributed by atoms with Crippen LogP contribution in [0.2, 0.25) is 0 Å². The van der Waals surface area contributed by atoms with E-state index in [1.165, 1.54) is 33.0 Å². The lowest BCUT2D eigenvalue weighted by Gasteiger charge is -2.18. The van der Waals surface area contributed by atoms with Gasteiger partial charge in [0.25, 0.3) is 0 Å². The number of nitrogen functional groups attached to an aromatic ring is 1. The molecule has 0 saturated heterocycles. The number of nitrogens with zero attached hydrogens (tertiary/aromatic N) is 1. The molecule has 2 heteroatoms. The van der Waals surface area contributed by atoms with E-state index < -0.39 is 0 Å². The molecular weight excluding hydrogens is 304 g/mol. The van der Waals surface area contributed by atoms with E-state index in [4.69, 9.17) is 10.7 Å². The molecule has 4 aromatic rings. The molecule has 0 radical (unpaired) electrons. The summed E-state index contributed by atoms with van der Waals surface area (Å²) in [7, 11) is 0. The number of rotatable bonds is 3. The van der Waals surface area contributed by atoms with Gasteiger partial charge in [0.1, 0.15) is 0 Å². The first-order valence-electron chi connectivity index (χ1n) is 8.92. The van der Waals surface area contributed by atoms with Gasteiger partial charge in [-0.1, -0.05) is 62.4 Å². The van der Waals surface area contributed by atoms with Crippen molar-refractivity contribution in [2.45, 2.75) is 26.7 Å². The van der Waals surface area contributed by atoms with Gasteiger partial charge in [0.2, 0.25) is 0 Å². The highest BCUT2D eigenvalue weighted by atomic mass is 14.7. The van der Waals surface area contributed by atoms with Crippen LogP contribution in [0.25, 0.3) is 32.9 Å². The number of para-hydroxylation sites is 2. The van der Waals surface area contributed by atoms with Crippen LogP contribution in [0.3, 0.4) is 0 Å². The molecule has 0 aliphatic heterocycles. The van der Waals surface area contributed by atoms with E-state index in [9.17, 15) is 0 Å². The van der Waals surface area contributed by atoms with Crippen molar-refractivity contribution < 1.29 is 0 Å². The van der Waals surface area contributed by atoms with Gasteiger partial charge in [-0.3, -0.25) is 0 Å². The van der Waals surface area contributed by atoms with Crippen LogP contribution in [0.4, 0.5) is 5.69 Å². The quantitative estimate of drug-likeness (QED) is 0.384. The van der Waals surface area contributed by atoms with Crippen molar-refractivity contribution in [2.24, 2.45) is 0 Å². The summed E-state index contributed by atoms with van der Waals surface area (Å²) in [5, 5.41) is 2.36. The van der Waals surface area contributed by atoms with Gasteiger partial charge in [-0.2, -0.15) is 0 Å². The number of hydrogen-bond donors (Lipinski definition) is 1. The first kappa shape index (κ1) is 15.6. The molecule has 0 aliphatic rings. The predicted molar refractivity (Wildman–Crippen MR) is 108 cm³/mol. The second-order valence-corrected chi connectivity index (χ2v) is 6.39. The Morgan fingerprint density at radius 1 is 0.760 bits per heavy atom. The van der Waals surface area contributed by atoms with Crippen LogP contribution >= 0.6 is 0 Å². The van der Waals surface area contributed by atoms with Gasteiger partial charge in [0.15, 0.2) is 0 Å². The fraction of sp³-hybridized carbons (Fsp3) is 0.174. The monoisotopic (exact) mass is 326 g/mol. The zero-order valence-electron chi connectivity index (χ0n) is 14.7. The summed E-state index contributed by atoms with van der Waals surface area (Å²) < 4.78 is 0. The molecule has 3 aromatic carbocycles. The topological polar surface area (TPSA) is 38.9 Å². The van der Waals surface area contributed by atoms with E-state index in [2.05, 4.69) is 62.4 Å². The van der Waals surface area contributed by atoms with Gasteiger partial charge < -0.3 is 5.73 Å². The molecule has 0 spiro atoms. The first-order valence-corrected chi connectivity index (χ1v) is 8.92. The van der Waals surface area contributed by atoms with Gasteiger partial charge in [0, 0.05) is 22.0 Å². The van der Waals surface area contributed by atoms with Crippen LogP contribution in [0.1, 0.15) is 25.0 Å². The van der Waals surface area contributed by atoms with E-state index in [1.54, 1.807) is 0 Å². The average Bonchev–Trinajstić information content (AvgIpc) is 2.66. The molecule has 0 atom stereocenters. The molecule has 25 heavy (non-hydrogen) atoms. The summed E-state index contributed by atoms with van der Waals surface area (Å²) in [6.07, 6.45) is 1.87. The predicted octanol–water partition coefficient (Wildman–Crippen LogP) is 5.76. The Balaban J connectivity index is 2.18. The average molecular weight is 326 g/mol. The number of fused-ring (bicyclic) bond motifs is 2. The highest BCUT2D eigenvalue weighted by Gasteiger charge is 2.16. The van der Waals surface area contributed by atoms with E-state index in [-0.39, 0.29) is 0 Å². The van der Waals surface area contributed by atoms with Crippen LogP contribution in [-0.4, -0.2) is 4.98 Å². The van der Waals surface area contributed by atoms with Crippen molar-refractivity contribution in [3.05, 3.63) is 71.8 Å². The van der Waals surface area contributed by atoms with Crippen molar-refractivity contribution in [1.82, 2.24) is 4.98 Å². The Labute approximate surface area is 148 Å². The molecule has 124 valence electrons. The number of aryl methyl sites for hydroxylation is 1. The minimum Gasteiger partial charge on any atom is -0.398 e. The molecule has 2 nitrogen and oxygen atoms in total. The standard InChI is InChI=1S/C23H22N2/c1-3-15-13-14-17(16(4-2)23(15)24)22-18-9-5-7-11-20(18)25-21-12-8-6-10-19(21)22/h5-14H,3-4,24H2,1-2H3. The van der Waals surface area contributed by atoms with Crippen LogP contribution < -0.4 is 5.73 Å². The third-order valence-corrected chi connectivity index (χ3v) is 5.04. The highest BCUT2D eigenvalue weighted by molar-refractivity contribution is 6.10. The van der Waals surface area contributed by atoms with Crippen LogP contribution in [0, 0.1) is 0 Å². The largest absolute Gasteiger partial charge is 0.398 e. The number of pyridine rings is 1. The molecule has 4 rings (SSSR count). The van der Waals surface area contributed by atoms with E-state index >= 15 is 0 Å².